The number of aromatic nitrogens is 3. The van der Waals surface area contributed by atoms with Gasteiger partial charge in [-0.25, -0.2) is 9.97 Å². The molecule has 0 aliphatic heterocycles. The van der Waals surface area contributed by atoms with E-state index in [1.165, 1.54) is 0 Å². The Labute approximate surface area is 160 Å². The monoisotopic (exact) mass is 452 g/mol. The van der Waals surface area contributed by atoms with Crippen molar-refractivity contribution in [1.29, 1.82) is 0 Å². The van der Waals surface area contributed by atoms with Crippen LogP contribution in [-0.4, -0.2) is 41.0 Å². The second-order valence-corrected chi connectivity index (χ2v) is 6.43. The van der Waals surface area contributed by atoms with Gasteiger partial charge in [-0.3, -0.25) is 0 Å². The molecule has 0 saturated carbocycles. The number of aromatic amines is 1. The summed E-state index contributed by atoms with van der Waals surface area (Å²) in [4.78, 5) is 12.2. The van der Waals surface area contributed by atoms with Crippen molar-refractivity contribution in [3.05, 3.63) is 40.4 Å². The first-order valence-corrected chi connectivity index (χ1v) is 9.37. The molecule has 0 bridgehead atoms. The Bertz CT molecular complexity index is 817. The summed E-state index contributed by atoms with van der Waals surface area (Å²) in [6.45, 7) is 5.63. The number of hydrogen-bond donors (Lipinski definition) is 2. The fourth-order valence-corrected chi connectivity index (χ4v) is 3.56. The van der Waals surface area contributed by atoms with Crippen LogP contribution in [0.5, 0.6) is 0 Å². The number of H-pyrrole nitrogens is 1. The van der Waals surface area contributed by atoms with Crippen LogP contribution in [0, 0.1) is 3.70 Å². The summed E-state index contributed by atoms with van der Waals surface area (Å²) in [5.74, 6) is 0.771. The maximum atomic E-state index is 5.60. The number of rotatable bonds is 8. The van der Waals surface area contributed by atoms with E-state index in [4.69, 9.17) is 9.47 Å². The summed E-state index contributed by atoms with van der Waals surface area (Å²) >= 11 is 2.30. The van der Waals surface area contributed by atoms with E-state index >= 15 is 0 Å². The van der Waals surface area contributed by atoms with Gasteiger partial charge < -0.3 is 19.8 Å². The van der Waals surface area contributed by atoms with Crippen molar-refractivity contribution >= 4 is 39.4 Å². The van der Waals surface area contributed by atoms with E-state index in [0.717, 1.165) is 31.7 Å². The Balaban J connectivity index is 1.96. The minimum Gasteiger partial charge on any atom is -0.364 e. The second-order valence-electron chi connectivity index (χ2n) is 5.35. The summed E-state index contributed by atoms with van der Waals surface area (Å²) in [5, 5.41) is 4.33. The van der Waals surface area contributed by atoms with Gasteiger partial charge in [-0.1, -0.05) is 30.3 Å². The lowest BCUT2D eigenvalue weighted by molar-refractivity contribution is -0.126. The zero-order chi connectivity index (χ0) is 17.6. The third kappa shape index (κ3) is 4.10. The lowest BCUT2D eigenvalue weighted by Crippen LogP contribution is -2.26. The van der Waals surface area contributed by atoms with Crippen LogP contribution in [0.15, 0.2) is 36.7 Å². The summed E-state index contributed by atoms with van der Waals surface area (Å²) in [7, 11) is 0. The minimum absolute atomic E-state index is 0.307. The first-order valence-electron chi connectivity index (χ1n) is 8.29. The van der Waals surface area contributed by atoms with Crippen molar-refractivity contribution < 1.29 is 9.47 Å². The normalized spacial score (nSPS) is 11.4. The maximum absolute atomic E-state index is 5.60. The molecule has 2 heterocycles. The minimum atomic E-state index is -0.307. The van der Waals surface area contributed by atoms with Crippen LogP contribution >= 0.6 is 22.6 Å². The standard InChI is InChI=1S/C18H21IN4O2/c1-3-24-13(25-4-2)10-20-17-15-14(12-8-6-5-7-9-12)16(19)23-18(15)22-11-21-17/h5-9,11,13H,3-4,10H2,1-2H3,(H2,20,21,22,23). The van der Waals surface area contributed by atoms with Crippen LogP contribution in [0.3, 0.4) is 0 Å². The van der Waals surface area contributed by atoms with Crippen molar-refractivity contribution in [3.8, 4) is 11.1 Å². The molecule has 3 rings (SSSR count). The van der Waals surface area contributed by atoms with Crippen LogP contribution in [-0.2, 0) is 9.47 Å². The molecule has 7 heteroatoms. The fourth-order valence-electron chi connectivity index (χ4n) is 2.72. The molecule has 0 radical (unpaired) electrons. The summed E-state index contributed by atoms with van der Waals surface area (Å²) in [6.07, 6.45) is 1.25. The molecule has 0 aliphatic carbocycles. The van der Waals surface area contributed by atoms with E-state index in [-0.39, 0.29) is 6.29 Å². The van der Waals surface area contributed by atoms with Crippen molar-refractivity contribution in [2.24, 2.45) is 0 Å². The van der Waals surface area contributed by atoms with Gasteiger partial charge in [0, 0.05) is 18.8 Å². The molecule has 0 unspecified atom stereocenters. The smallest absolute Gasteiger partial charge is 0.174 e. The molecule has 3 aromatic rings. The SMILES string of the molecule is CCOC(CNc1ncnc2[nH]c(I)c(-c3ccccc3)c12)OCC. The van der Waals surface area contributed by atoms with Gasteiger partial charge in [0.25, 0.3) is 0 Å². The Morgan fingerprint density at radius 3 is 2.52 bits per heavy atom. The number of nitrogens with zero attached hydrogens (tertiary/aromatic N) is 2. The summed E-state index contributed by atoms with van der Waals surface area (Å²) in [5.41, 5.74) is 3.04. The predicted octanol–water partition coefficient (Wildman–Crippen LogP) is 4.04. The van der Waals surface area contributed by atoms with Crippen LogP contribution in [0.4, 0.5) is 5.82 Å². The average Bonchev–Trinajstić information content (AvgIpc) is 2.97. The predicted molar refractivity (Wildman–Crippen MR) is 108 cm³/mol. The van der Waals surface area contributed by atoms with E-state index in [1.807, 2.05) is 32.0 Å². The highest BCUT2D eigenvalue weighted by Gasteiger charge is 2.18. The molecular formula is C18H21IN4O2. The van der Waals surface area contributed by atoms with Crippen molar-refractivity contribution in [2.45, 2.75) is 20.1 Å². The third-order valence-electron chi connectivity index (χ3n) is 3.75. The topological polar surface area (TPSA) is 72.1 Å². The van der Waals surface area contributed by atoms with E-state index in [9.17, 15) is 0 Å². The quantitative estimate of drug-likeness (QED) is 0.399. The number of anilines is 1. The van der Waals surface area contributed by atoms with Gasteiger partial charge in [0.15, 0.2) is 6.29 Å². The molecule has 25 heavy (non-hydrogen) atoms. The van der Waals surface area contributed by atoms with Gasteiger partial charge >= 0.3 is 0 Å². The first kappa shape index (κ1) is 18.1. The Kier molecular flexibility index (Phi) is 6.22. The average molecular weight is 452 g/mol. The molecule has 0 atom stereocenters. The zero-order valence-electron chi connectivity index (χ0n) is 14.3. The first-order chi connectivity index (χ1) is 12.2. The van der Waals surface area contributed by atoms with Gasteiger partial charge in [-0.15, -0.1) is 0 Å². The molecule has 0 amide bonds. The van der Waals surface area contributed by atoms with E-state index < -0.39 is 0 Å². The van der Waals surface area contributed by atoms with Crippen LogP contribution < -0.4 is 5.32 Å². The largest absolute Gasteiger partial charge is 0.364 e. The lowest BCUT2D eigenvalue weighted by atomic mass is 10.1. The molecule has 6 nitrogen and oxygen atoms in total. The Morgan fingerprint density at radius 2 is 1.84 bits per heavy atom. The highest BCUT2D eigenvalue weighted by atomic mass is 127. The Hall–Kier alpha value is -1.71. The maximum Gasteiger partial charge on any atom is 0.174 e. The summed E-state index contributed by atoms with van der Waals surface area (Å²) in [6, 6.07) is 10.2. The third-order valence-corrected chi connectivity index (χ3v) is 4.56. The molecule has 0 spiro atoms. The molecule has 0 fully saturated rings. The summed E-state index contributed by atoms with van der Waals surface area (Å²) < 4.78 is 12.2. The molecule has 132 valence electrons. The van der Waals surface area contributed by atoms with Gasteiger partial charge in [0.05, 0.1) is 15.6 Å². The number of fused-ring (bicyclic) bond motifs is 1. The number of benzene rings is 1. The molecular weight excluding hydrogens is 431 g/mol. The van der Waals surface area contributed by atoms with Crippen molar-refractivity contribution in [2.75, 3.05) is 25.1 Å². The number of nitrogens with one attached hydrogen (secondary N) is 2. The van der Waals surface area contributed by atoms with E-state index in [2.05, 4.69) is 55.0 Å². The molecule has 2 aromatic heterocycles. The van der Waals surface area contributed by atoms with E-state index in [0.29, 0.717) is 19.8 Å². The number of halogens is 1. The highest BCUT2D eigenvalue weighted by molar-refractivity contribution is 14.1. The Morgan fingerprint density at radius 1 is 1.12 bits per heavy atom. The van der Waals surface area contributed by atoms with Gasteiger partial charge in [0.2, 0.25) is 0 Å². The van der Waals surface area contributed by atoms with E-state index in [1.54, 1.807) is 6.33 Å². The highest BCUT2D eigenvalue weighted by Crippen LogP contribution is 2.35. The fraction of sp³-hybridized carbons (Fsp3) is 0.333. The van der Waals surface area contributed by atoms with Crippen LogP contribution in [0.25, 0.3) is 22.2 Å². The van der Waals surface area contributed by atoms with Crippen molar-refractivity contribution in [1.82, 2.24) is 15.0 Å². The van der Waals surface area contributed by atoms with Gasteiger partial charge in [-0.2, -0.15) is 0 Å². The molecule has 0 saturated heterocycles. The van der Waals surface area contributed by atoms with Crippen LogP contribution in [0.1, 0.15) is 13.8 Å². The lowest BCUT2D eigenvalue weighted by Gasteiger charge is -2.18. The van der Waals surface area contributed by atoms with Gasteiger partial charge in [0.1, 0.15) is 17.8 Å². The van der Waals surface area contributed by atoms with Crippen molar-refractivity contribution in [3.63, 3.8) is 0 Å². The number of ether oxygens (including phenoxy) is 2. The molecule has 1 aromatic carbocycles. The number of hydrogen-bond acceptors (Lipinski definition) is 5. The van der Waals surface area contributed by atoms with Gasteiger partial charge in [-0.05, 0) is 42.0 Å². The second kappa shape index (κ2) is 8.59. The van der Waals surface area contributed by atoms with Crippen LogP contribution in [0.2, 0.25) is 0 Å². The molecule has 0 aliphatic rings. The molecule has 2 N–H and O–H groups in total. The zero-order valence-corrected chi connectivity index (χ0v) is 16.4.